The van der Waals surface area contributed by atoms with Gasteiger partial charge in [-0.25, -0.2) is 9.59 Å². The first kappa shape index (κ1) is 8.27. The first-order chi connectivity index (χ1) is 7.09. The Kier molecular flexibility index (Phi) is 1.27. The smallest absolute Gasteiger partial charge is 0.411 e. The molecule has 7 heteroatoms. The van der Waals surface area contributed by atoms with Crippen LogP contribution >= 0.6 is 0 Å². The molecule has 2 saturated heterocycles. The molecule has 78 valence electrons. The highest BCUT2D eigenvalue weighted by Gasteiger charge is 2.56. The molecule has 3 rings (SSSR count). The number of hydrogen-bond acceptors (Lipinski definition) is 3. The Labute approximate surface area is 83.9 Å². The molecule has 0 aromatic rings. The maximum absolute atomic E-state index is 11.4. The van der Waals surface area contributed by atoms with E-state index in [0.29, 0.717) is 12.1 Å². The second kappa shape index (κ2) is 2.30. The molecule has 0 radical (unpaired) electrons. The zero-order valence-corrected chi connectivity index (χ0v) is 7.51. The molecule has 2 unspecified atom stereocenters. The van der Waals surface area contributed by atoms with Crippen molar-refractivity contribution in [3.8, 4) is 0 Å². The number of fused-ring (bicyclic) bond motifs is 5. The first-order valence-corrected chi connectivity index (χ1v) is 4.45. The van der Waals surface area contributed by atoms with Crippen LogP contribution in [-0.4, -0.2) is 45.0 Å². The van der Waals surface area contributed by atoms with Gasteiger partial charge in [0.15, 0.2) is 0 Å². The Morgan fingerprint density at radius 1 is 1.53 bits per heavy atom. The fourth-order valence-electron chi connectivity index (χ4n) is 2.38. The highest BCUT2D eigenvalue weighted by Crippen LogP contribution is 2.40. The Balaban J connectivity index is 2.04. The van der Waals surface area contributed by atoms with Crippen molar-refractivity contribution < 1.29 is 19.5 Å². The largest absolute Gasteiger partial charge is 0.465 e. The van der Waals surface area contributed by atoms with E-state index in [1.165, 1.54) is 11.1 Å². The van der Waals surface area contributed by atoms with Crippen molar-refractivity contribution in [2.45, 2.75) is 18.5 Å². The predicted octanol–water partition coefficient (Wildman–Crippen LogP) is -0.486. The first-order valence-electron chi connectivity index (χ1n) is 4.45. The van der Waals surface area contributed by atoms with Crippen molar-refractivity contribution in [1.29, 1.82) is 0 Å². The van der Waals surface area contributed by atoms with Crippen LogP contribution in [0.2, 0.25) is 0 Å². The summed E-state index contributed by atoms with van der Waals surface area (Å²) < 4.78 is 0. The maximum Gasteiger partial charge on any atom is 0.411 e. The molecule has 0 spiro atoms. The third-order valence-corrected chi connectivity index (χ3v) is 2.95. The minimum atomic E-state index is -1.10. The summed E-state index contributed by atoms with van der Waals surface area (Å²) in [6.07, 6.45) is 0.749. The second-order valence-corrected chi connectivity index (χ2v) is 3.69. The van der Waals surface area contributed by atoms with Crippen molar-refractivity contribution in [2.75, 3.05) is 0 Å². The molecule has 0 saturated carbocycles. The molecule has 0 aromatic heterocycles. The molecule has 2 bridgehead atoms. The van der Waals surface area contributed by atoms with Crippen LogP contribution in [0.25, 0.3) is 0 Å². The summed E-state index contributed by atoms with van der Waals surface area (Å²) in [4.78, 5) is 36.0. The van der Waals surface area contributed by atoms with Crippen LogP contribution in [0.5, 0.6) is 0 Å². The molecule has 3 aliphatic heterocycles. The molecule has 3 heterocycles. The minimum Gasteiger partial charge on any atom is -0.465 e. The Morgan fingerprint density at radius 3 is 2.93 bits per heavy atom. The van der Waals surface area contributed by atoms with Crippen LogP contribution in [0.3, 0.4) is 0 Å². The summed E-state index contributed by atoms with van der Waals surface area (Å²) in [6.45, 7) is 0. The monoisotopic (exact) mass is 209 g/mol. The van der Waals surface area contributed by atoms with E-state index < -0.39 is 30.1 Å². The fraction of sp³-hybridized carbons (Fsp3) is 0.375. The lowest BCUT2D eigenvalue weighted by molar-refractivity contribution is -0.121. The van der Waals surface area contributed by atoms with Gasteiger partial charge in [0.25, 0.3) is 5.91 Å². The van der Waals surface area contributed by atoms with Crippen molar-refractivity contribution in [3.63, 3.8) is 0 Å². The number of carbonyl (C=O) groups excluding carboxylic acids is 2. The lowest BCUT2D eigenvalue weighted by Gasteiger charge is -2.27. The predicted molar refractivity (Wildman–Crippen MR) is 45.5 cm³/mol. The number of amides is 4. The third-order valence-electron chi connectivity index (χ3n) is 2.95. The van der Waals surface area contributed by atoms with E-state index >= 15 is 0 Å². The van der Waals surface area contributed by atoms with Crippen LogP contribution in [0, 0.1) is 0 Å². The number of hydrogen-bond donors (Lipinski definition) is 2. The number of carboxylic acid groups (broad SMARTS) is 1. The number of imide groups is 1. The average Bonchev–Trinajstić information content (AvgIpc) is 2.77. The molecule has 2 N–H and O–H groups in total. The number of rotatable bonds is 0. The highest BCUT2D eigenvalue weighted by atomic mass is 16.4. The van der Waals surface area contributed by atoms with Crippen LogP contribution < -0.4 is 5.32 Å². The Bertz CT molecular complexity index is 430. The SMILES string of the molecule is O=C1NC(=O)N2C3=CN(C(=O)O)C(C3)C12. The van der Waals surface area contributed by atoms with Crippen LogP contribution in [0.1, 0.15) is 6.42 Å². The van der Waals surface area contributed by atoms with Crippen molar-refractivity contribution in [3.05, 3.63) is 11.9 Å². The van der Waals surface area contributed by atoms with Gasteiger partial charge in [-0.1, -0.05) is 0 Å². The third kappa shape index (κ3) is 0.821. The van der Waals surface area contributed by atoms with Crippen molar-refractivity contribution in [1.82, 2.24) is 15.1 Å². The molecule has 2 atom stereocenters. The molecule has 0 aliphatic carbocycles. The zero-order valence-electron chi connectivity index (χ0n) is 7.51. The summed E-state index contributed by atoms with van der Waals surface area (Å²) in [7, 11) is 0. The maximum atomic E-state index is 11.4. The molecule has 2 fully saturated rings. The second-order valence-electron chi connectivity index (χ2n) is 3.69. The van der Waals surface area contributed by atoms with Gasteiger partial charge >= 0.3 is 12.1 Å². The zero-order chi connectivity index (χ0) is 10.7. The van der Waals surface area contributed by atoms with Gasteiger partial charge in [-0.15, -0.1) is 0 Å². The molecular weight excluding hydrogens is 202 g/mol. The van der Waals surface area contributed by atoms with Gasteiger partial charge in [0.2, 0.25) is 0 Å². The summed E-state index contributed by atoms with van der Waals surface area (Å²) in [5.41, 5.74) is 0.593. The number of urea groups is 1. The summed E-state index contributed by atoms with van der Waals surface area (Å²) in [6, 6.07) is -1.58. The lowest BCUT2D eigenvalue weighted by atomic mass is 10.1. The number of nitrogens with zero attached hydrogens (tertiary/aromatic N) is 2. The van der Waals surface area contributed by atoms with Crippen molar-refractivity contribution >= 4 is 18.0 Å². The molecule has 0 aromatic carbocycles. The number of carbonyl (C=O) groups is 3. The van der Waals surface area contributed by atoms with E-state index in [2.05, 4.69) is 5.32 Å². The van der Waals surface area contributed by atoms with Gasteiger partial charge in [0.05, 0.1) is 6.04 Å². The van der Waals surface area contributed by atoms with E-state index in [1.807, 2.05) is 0 Å². The molecule has 15 heavy (non-hydrogen) atoms. The minimum absolute atomic E-state index is 0.417. The van der Waals surface area contributed by atoms with Gasteiger partial charge in [0.1, 0.15) is 6.04 Å². The molecular formula is C8H7N3O4. The normalized spacial score (nSPS) is 31.9. The van der Waals surface area contributed by atoms with Crippen LogP contribution in [0.4, 0.5) is 9.59 Å². The van der Waals surface area contributed by atoms with E-state index in [1.54, 1.807) is 0 Å². The van der Waals surface area contributed by atoms with E-state index in [4.69, 9.17) is 5.11 Å². The molecule has 4 amide bonds. The van der Waals surface area contributed by atoms with Crippen LogP contribution in [-0.2, 0) is 4.79 Å². The Morgan fingerprint density at radius 2 is 2.27 bits per heavy atom. The van der Waals surface area contributed by atoms with E-state index in [0.717, 1.165) is 4.90 Å². The van der Waals surface area contributed by atoms with E-state index in [-0.39, 0.29) is 0 Å². The summed E-state index contributed by atoms with van der Waals surface area (Å²) >= 11 is 0. The summed E-state index contributed by atoms with van der Waals surface area (Å²) in [5.74, 6) is -0.417. The topological polar surface area (TPSA) is 90.0 Å². The standard InChI is InChI=1S/C8H7N3O4/c12-6-5-4-1-3(2-10(4)8(14)15)11(5)7(13)9-6/h2,4-5H,1H2,(H,14,15)(H,9,12,13). The van der Waals surface area contributed by atoms with Gasteiger partial charge < -0.3 is 5.11 Å². The average molecular weight is 209 g/mol. The highest BCUT2D eigenvalue weighted by molar-refractivity contribution is 6.06. The van der Waals surface area contributed by atoms with Gasteiger partial charge in [-0.05, 0) is 0 Å². The summed E-state index contributed by atoms with van der Waals surface area (Å²) in [5, 5.41) is 11.0. The van der Waals surface area contributed by atoms with Crippen LogP contribution in [0.15, 0.2) is 11.9 Å². The quantitative estimate of drug-likeness (QED) is 0.527. The van der Waals surface area contributed by atoms with Crippen molar-refractivity contribution in [2.24, 2.45) is 0 Å². The lowest BCUT2D eigenvalue weighted by Crippen LogP contribution is -2.47. The van der Waals surface area contributed by atoms with Gasteiger partial charge in [0, 0.05) is 18.3 Å². The van der Waals surface area contributed by atoms with E-state index in [9.17, 15) is 14.4 Å². The Hall–Kier alpha value is -2.05. The number of nitrogens with one attached hydrogen (secondary N) is 1. The van der Waals surface area contributed by atoms with Gasteiger partial charge in [-0.3, -0.25) is 19.9 Å². The molecule has 7 nitrogen and oxygen atoms in total. The fourth-order valence-corrected chi connectivity index (χ4v) is 2.38. The van der Waals surface area contributed by atoms with Gasteiger partial charge in [-0.2, -0.15) is 0 Å². The molecule has 3 aliphatic rings.